The summed E-state index contributed by atoms with van der Waals surface area (Å²) in [4.78, 5) is 16.9. The molecule has 2 unspecified atom stereocenters. The average Bonchev–Trinajstić information content (AvgIpc) is 2.68. The molecule has 2 aromatic carbocycles. The zero-order chi connectivity index (χ0) is 19.4. The first-order valence-electron chi connectivity index (χ1n) is 9.56. The predicted molar refractivity (Wildman–Crippen MR) is 112 cm³/mol. The molecule has 2 amide bonds. The highest BCUT2D eigenvalue weighted by Crippen LogP contribution is 2.34. The second-order valence-corrected chi connectivity index (χ2v) is 7.72. The smallest absolute Gasteiger partial charge is 0.318 e. The standard InChI is InChI=1S/C22H28ClN3O/c1-16(24-22(27)26(3)20-14-7-8-15-25(20)2)18-12-9-13-19(23)21(18)17-10-5-4-6-11-17/h4-6,9-13,16,20H,7-8,14-15H2,1-3H3,(H,24,27). The van der Waals surface area contributed by atoms with Gasteiger partial charge in [0.15, 0.2) is 0 Å². The van der Waals surface area contributed by atoms with E-state index in [4.69, 9.17) is 11.6 Å². The summed E-state index contributed by atoms with van der Waals surface area (Å²) in [5.41, 5.74) is 3.05. The van der Waals surface area contributed by atoms with Gasteiger partial charge in [0.2, 0.25) is 0 Å². The van der Waals surface area contributed by atoms with Crippen LogP contribution < -0.4 is 5.32 Å². The molecule has 0 aromatic heterocycles. The Morgan fingerprint density at radius 1 is 1.19 bits per heavy atom. The van der Waals surface area contributed by atoms with E-state index in [0.29, 0.717) is 5.02 Å². The Balaban J connectivity index is 1.79. The zero-order valence-corrected chi connectivity index (χ0v) is 17.0. The van der Waals surface area contributed by atoms with Crippen LogP contribution in [-0.2, 0) is 0 Å². The third kappa shape index (κ3) is 4.45. The second-order valence-electron chi connectivity index (χ2n) is 7.31. The molecule has 1 heterocycles. The summed E-state index contributed by atoms with van der Waals surface area (Å²) in [6.07, 6.45) is 3.52. The van der Waals surface area contributed by atoms with Crippen molar-refractivity contribution in [2.24, 2.45) is 0 Å². The molecule has 5 heteroatoms. The number of hydrogen-bond donors (Lipinski definition) is 1. The van der Waals surface area contributed by atoms with Gasteiger partial charge in [-0.3, -0.25) is 4.90 Å². The maximum atomic E-state index is 12.9. The van der Waals surface area contributed by atoms with Gasteiger partial charge < -0.3 is 10.2 Å². The minimum Gasteiger partial charge on any atom is -0.331 e. The van der Waals surface area contributed by atoms with Crippen LogP contribution in [0.3, 0.4) is 0 Å². The van der Waals surface area contributed by atoms with Crippen molar-refractivity contribution < 1.29 is 4.79 Å². The van der Waals surface area contributed by atoms with Crippen molar-refractivity contribution in [2.45, 2.75) is 38.4 Å². The van der Waals surface area contributed by atoms with Crippen molar-refractivity contribution in [3.8, 4) is 11.1 Å². The van der Waals surface area contributed by atoms with E-state index in [1.807, 2.05) is 67.4 Å². The van der Waals surface area contributed by atoms with Crippen LogP contribution in [0.25, 0.3) is 11.1 Å². The molecule has 2 atom stereocenters. The number of urea groups is 1. The van der Waals surface area contributed by atoms with Crippen molar-refractivity contribution in [3.05, 3.63) is 59.1 Å². The van der Waals surface area contributed by atoms with Gasteiger partial charge in [-0.25, -0.2) is 4.79 Å². The van der Waals surface area contributed by atoms with Crippen molar-refractivity contribution in [1.82, 2.24) is 15.1 Å². The van der Waals surface area contributed by atoms with E-state index in [0.717, 1.165) is 36.1 Å². The predicted octanol–water partition coefficient (Wildman–Crippen LogP) is 5.15. The van der Waals surface area contributed by atoms with Gasteiger partial charge in [0, 0.05) is 17.6 Å². The zero-order valence-electron chi connectivity index (χ0n) is 16.3. The third-order valence-corrected chi connectivity index (χ3v) is 5.73. The van der Waals surface area contributed by atoms with Crippen LogP contribution >= 0.6 is 11.6 Å². The van der Waals surface area contributed by atoms with Gasteiger partial charge >= 0.3 is 6.03 Å². The van der Waals surface area contributed by atoms with Gasteiger partial charge in [0.1, 0.15) is 0 Å². The Morgan fingerprint density at radius 2 is 1.93 bits per heavy atom. The second kappa shape index (κ2) is 8.77. The number of carbonyl (C=O) groups is 1. The van der Waals surface area contributed by atoms with E-state index in [1.165, 1.54) is 6.42 Å². The number of hydrogen-bond acceptors (Lipinski definition) is 2. The summed E-state index contributed by atoms with van der Waals surface area (Å²) >= 11 is 6.52. The summed E-state index contributed by atoms with van der Waals surface area (Å²) in [5.74, 6) is 0. The number of halogens is 1. The molecule has 27 heavy (non-hydrogen) atoms. The number of rotatable bonds is 4. The summed E-state index contributed by atoms with van der Waals surface area (Å²) in [7, 11) is 3.96. The number of nitrogens with one attached hydrogen (secondary N) is 1. The Morgan fingerprint density at radius 3 is 2.63 bits per heavy atom. The third-order valence-electron chi connectivity index (χ3n) is 5.41. The molecule has 1 fully saturated rings. The van der Waals surface area contributed by atoms with Crippen LogP contribution in [0, 0.1) is 0 Å². The largest absolute Gasteiger partial charge is 0.331 e. The highest BCUT2D eigenvalue weighted by molar-refractivity contribution is 6.33. The molecule has 1 aliphatic rings. The number of carbonyl (C=O) groups excluding carboxylic acids is 1. The Bertz CT molecular complexity index is 780. The molecule has 0 aliphatic carbocycles. The fourth-order valence-electron chi connectivity index (χ4n) is 3.86. The maximum absolute atomic E-state index is 12.9. The van der Waals surface area contributed by atoms with Gasteiger partial charge in [-0.05, 0) is 57.0 Å². The minimum absolute atomic E-state index is 0.0553. The SMILES string of the molecule is CC(NC(=O)N(C)C1CCCCN1C)c1cccc(Cl)c1-c1ccccc1. The fourth-order valence-corrected chi connectivity index (χ4v) is 4.15. The molecule has 1 N–H and O–H groups in total. The number of likely N-dealkylation sites (tertiary alicyclic amines) is 1. The monoisotopic (exact) mass is 385 g/mol. The first-order chi connectivity index (χ1) is 13.0. The van der Waals surface area contributed by atoms with Crippen LogP contribution in [0.1, 0.15) is 37.8 Å². The highest BCUT2D eigenvalue weighted by atomic mass is 35.5. The fraction of sp³-hybridized carbons (Fsp3) is 0.409. The minimum atomic E-state index is -0.150. The van der Waals surface area contributed by atoms with Gasteiger partial charge in [0.05, 0.1) is 12.2 Å². The van der Waals surface area contributed by atoms with E-state index in [1.54, 1.807) is 0 Å². The van der Waals surface area contributed by atoms with E-state index in [-0.39, 0.29) is 18.2 Å². The number of piperidine rings is 1. The van der Waals surface area contributed by atoms with Gasteiger partial charge in [0.25, 0.3) is 0 Å². The topological polar surface area (TPSA) is 35.6 Å². The van der Waals surface area contributed by atoms with E-state index < -0.39 is 0 Å². The summed E-state index contributed by atoms with van der Waals surface area (Å²) in [6, 6.07) is 15.7. The Labute approximate surface area is 167 Å². The first kappa shape index (κ1) is 19.7. The van der Waals surface area contributed by atoms with Gasteiger partial charge in [-0.15, -0.1) is 0 Å². The molecule has 0 spiro atoms. The number of benzene rings is 2. The van der Waals surface area contributed by atoms with Crippen LogP contribution in [0.5, 0.6) is 0 Å². The quantitative estimate of drug-likeness (QED) is 0.789. The number of amides is 2. The van der Waals surface area contributed by atoms with Crippen LogP contribution in [-0.4, -0.2) is 42.6 Å². The molecule has 0 bridgehead atoms. The van der Waals surface area contributed by atoms with Gasteiger partial charge in [-0.2, -0.15) is 0 Å². The van der Waals surface area contributed by atoms with Crippen molar-refractivity contribution >= 4 is 17.6 Å². The Kier molecular flexibility index (Phi) is 6.40. The average molecular weight is 386 g/mol. The molecule has 0 radical (unpaired) electrons. The molecule has 4 nitrogen and oxygen atoms in total. The highest BCUT2D eigenvalue weighted by Gasteiger charge is 2.27. The summed E-state index contributed by atoms with van der Waals surface area (Å²) < 4.78 is 0. The molecule has 1 saturated heterocycles. The normalized spacial score (nSPS) is 18.7. The molecule has 144 valence electrons. The van der Waals surface area contributed by atoms with Crippen LogP contribution in [0.15, 0.2) is 48.5 Å². The van der Waals surface area contributed by atoms with E-state index in [2.05, 4.69) is 17.3 Å². The Hall–Kier alpha value is -2.04. The number of nitrogens with zero attached hydrogens (tertiary/aromatic N) is 2. The molecule has 1 aliphatic heterocycles. The van der Waals surface area contributed by atoms with Gasteiger partial charge in [-0.1, -0.05) is 54.1 Å². The van der Waals surface area contributed by atoms with Crippen LogP contribution in [0.4, 0.5) is 4.79 Å². The van der Waals surface area contributed by atoms with E-state index >= 15 is 0 Å². The molecule has 3 rings (SSSR count). The van der Waals surface area contributed by atoms with Crippen molar-refractivity contribution in [3.63, 3.8) is 0 Å². The van der Waals surface area contributed by atoms with E-state index in [9.17, 15) is 4.79 Å². The van der Waals surface area contributed by atoms with Crippen molar-refractivity contribution in [1.29, 1.82) is 0 Å². The maximum Gasteiger partial charge on any atom is 0.318 e. The molecule has 2 aromatic rings. The van der Waals surface area contributed by atoms with Crippen LogP contribution in [0.2, 0.25) is 5.02 Å². The summed E-state index contributed by atoms with van der Waals surface area (Å²) in [5, 5.41) is 3.85. The lowest BCUT2D eigenvalue weighted by molar-refractivity contribution is 0.0697. The van der Waals surface area contributed by atoms with Crippen molar-refractivity contribution in [2.75, 3.05) is 20.6 Å². The lowest BCUT2D eigenvalue weighted by Crippen LogP contribution is -2.52. The lowest BCUT2D eigenvalue weighted by Gasteiger charge is -2.39. The molecule has 0 saturated carbocycles. The lowest BCUT2D eigenvalue weighted by atomic mass is 9.95. The summed E-state index contributed by atoms with van der Waals surface area (Å²) in [6.45, 7) is 3.04. The first-order valence-corrected chi connectivity index (χ1v) is 9.94. The molecular formula is C22H28ClN3O. The molecular weight excluding hydrogens is 358 g/mol.